The summed E-state index contributed by atoms with van der Waals surface area (Å²) in [5.41, 5.74) is 0. The molecule has 1 aliphatic rings. The van der Waals surface area contributed by atoms with E-state index in [1.807, 2.05) is 12.1 Å². The van der Waals surface area contributed by atoms with Crippen molar-refractivity contribution in [3.63, 3.8) is 0 Å². The Morgan fingerprint density at radius 2 is 2.25 bits per heavy atom. The van der Waals surface area contributed by atoms with Gasteiger partial charge in [0.25, 0.3) is 0 Å². The highest BCUT2D eigenvalue weighted by atomic mass is 35.5. The van der Waals surface area contributed by atoms with Crippen LogP contribution in [0.1, 0.15) is 25.7 Å². The Morgan fingerprint density at radius 3 is 3.00 bits per heavy atom. The summed E-state index contributed by atoms with van der Waals surface area (Å²) in [7, 11) is 0. The van der Waals surface area contributed by atoms with E-state index in [1.165, 1.54) is 6.42 Å². The molecule has 0 amide bonds. The highest BCUT2D eigenvalue weighted by Gasteiger charge is 2.22. The van der Waals surface area contributed by atoms with E-state index in [-0.39, 0.29) is 6.10 Å². The number of hydrogen-bond acceptors (Lipinski definition) is 3. The van der Waals surface area contributed by atoms with Gasteiger partial charge in [-0.3, -0.25) is 0 Å². The predicted octanol–water partition coefficient (Wildman–Crippen LogP) is 2.70. The summed E-state index contributed by atoms with van der Waals surface area (Å²) in [4.78, 5) is 4.16. The molecule has 2 unspecified atom stereocenters. The zero-order chi connectivity index (χ0) is 11.4. The molecule has 4 heteroatoms. The molecule has 1 fully saturated rings. The fourth-order valence-electron chi connectivity index (χ4n) is 2.17. The van der Waals surface area contributed by atoms with Crippen molar-refractivity contribution >= 4 is 17.4 Å². The summed E-state index contributed by atoms with van der Waals surface area (Å²) in [5.74, 6) is 1.04. The monoisotopic (exact) mass is 240 g/mol. The van der Waals surface area contributed by atoms with Crippen LogP contribution in [0.15, 0.2) is 18.3 Å². The van der Waals surface area contributed by atoms with Gasteiger partial charge in [-0.05, 0) is 25.0 Å². The molecule has 0 aliphatic heterocycles. The van der Waals surface area contributed by atoms with Crippen molar-refractivity contribution in [3.8, 4) is 0 Å². The smallest absolute Gasteiger partial charge is 0.144 e. The van der Waals surface area contributed by atoms with Crippen LogP contribution in [0.5, 0.6) is 0 Å². The molecule has 1 aromatic heterocycles. The van der Waals surface area contributed by atoms with Gasteiger partial charge in [-0.1, -0.05) is 24.4 Å². The summed E-state index contributed by atoms with van der Waals surface area (Å²) >= 11 is 5.99. The molecule has 2 N–H and O–H groups in total. The first-order chi connectivity index (χ1) is 7.77. The second kappa shape index (κ2) is 5.51. The van der Waals surface area contributed by atoms with Crippen LogP contribution in [0.25, 0.3) is 0 Å². The van der Waals surface area contributed by atoms with E-state index in [2.05, 4.69) is 10.3 Å². The maximum Gasteiger partial charge on any atom is 0.144 e. The number of pyridine rings is 1. The van der Waals surface area contributed by atoms with Gasteiger partial charge in [0, 0.05) is 18.7 Å². The standard InChI is InChI=1S/C12H17ClN2O/c13-10-5-3-7-14-12(10)15-8-9-4-1-2-6-11(9)16/h3,5,7,9,11,16H,1-2,4,6,8H2,(H,14,15). The van der Waals surface area contributed by atoms with Crippen LogP contribution in [-0.4, -0.2) is 22.7 Å². The van der Waals surface area contributed by atoms with Crippen molar-refractivity contribution in [1.82, 2.24) is 4.98 Å². The Morgan fingerprint density at radius 1 is 1.44 bits per heavy atom. The molecule has 0 spiro atoms. The van der Waals surface area contributed by atoms with E-state index >= 15 is 0 Å². The van der Waals surface area contributed by atoms with E-state index in [1.54, 1.807) is 6.20 Å². The van der Waals surface area contributed by atoms with Gasteiger partial charge in [-0.2, -0.15) is 0 Å². The molecule has 1 heterocycles. The Bertz CT molecular complexity index is 346. The van der Waals surface area contributed by atoms with Crippen molar-refractivity contribution in [3.05, 3.63) is 23.4 Å². The van der Waals surface area contributed by atoms with E-state index in [0.717, 1.165) is 25.8 Å². The highest BCUT2D eigenvalue weighted by Crippen LogP contribution is 2.25. The Balaban J connectivity index is 1.89. The van der Waals surface area contributed by atoms with E-state index in [0.29, 0.717) is 16.8 Å². The molecule has 0 aromatic carbocycles. The molecule has 3 nitrogen and oxygen atoms in total. The quantitative estimate of drug-likeness (QED) is 0.854. The molecule has 88 valence electrons. The second-order valence-electron chi connectivity index (χ2n) is 4.33. The van der Waals surface area contributed by atoms with Crippen LogP contribution >= 0.6 is 11.6 Å². The van der Waals surface area contributed by atoms with Crippen LogP contribution < -0.4 is 5.32 Å². The fraction of sp³-hybridized carbons (Fsp3) is 0.583. The number of nitrogens with zero attached hydrogens (tertiary/aromatic N) is 1. The van der Waals surface area contributed by atoms with Gasteiger partial charge in [0.2, 0.25) is 0 Å². The molecule has 1 saturated carbocycles. The van der Waals surface area contributed by atoms with Gasteiger partial charge < -0.3 is 10.4 Å². The lowest BCUT2D eigenvalue weighted by Crippen LogP contribution is -2.30. The lowest BCUT2D eigenvalue weighted by atomic mass is 9.86. The largest absolute Gasteiger partial charge is 0.393 e. The van der Waals surface area contributed by atoms with Gasteiger partial charge in [-0.25, -0.2) is 4.98 Å². The molecule has 16 heavy (non-hydrogen) atoms. The van der Waals surface area contributed by atoms with Crippen LogP contribution in [0, 0.1) is 5.92 Å². The topological polar surface area (TPSA) is 45.1 Å². The molecular weight excluding hydrogens is 224 g/mol. The van der Waals surface area contributed by atoms with E-state index in [9.17, 15) is 5.11 Å². The van der Waals surface area contributed by atoms with Gasteiger partial charge in [0.15, 0.2) is 0 Å². The zero-order valence-corrected chi connectivity index (χ0v) is 9.95. The summed E-state index contributed by atoms with van der Waals surface area (Å²) in [6.07, 6.45) is 5.89. The van der Waals surface area contributed by atoms with Crippen molar-refractivity contribution in [2.24, 2.45) is 5.92 Å². The first-order valence-corrected chi connectivity index (χ1v) is 6.17. The average Bonchev–Trinajstić information content (AvgIpc) is 2.30. The Labute approximate surface area is 101 Å². The Hall–Kier alpha value is -0.800. The molecule has 0 radical (unpaired) electrons. The maximum absolute atomic E-state index is 9.82. The molecule has 2 atom stereocenters. The molecule has 1 aliphatic carbocycles. The number of rotatable bonds is 3. The molecule has 2 rings (SSSR count). The highest BCUT2D eigenvalue weighted by molar-refractivity contribution is 6.32. The number of aromatic nitrogens is 1. The van der Waals surface area contributed by atoms with Gasteiger partial charge >= 0.3 is 0 Å². The third-order valence-electron chi connectivity index (χ3n) is 3.16. The van der Waals surface area contributed by atoms with Gasteiger partial charge in [0.05, 0.1) is 11.1 Å². The summed E-state index contributed by atoms with van der Waals surface area (Å²) in [5, 5.41) is 13.7. The summed E-state index contributed by atoms with van der Waals surface area (Å²) in [6.45, 7) is 0.748. The van der Waals surface area contributed by atoms with Gasteiger partial charge in [-0.15, -0.1) is 0 Å². The fourth-order valence-corrected chi connectivity index (χ4v) is 2.36. The minimum atomic E-state index is -0.177. The minimum absolute atomic E-state index is 0.177. The molecule has 0 saturated heterocycles. The lowest BCUT2D eigenvalue weighted by Gasteiger charge is -2.27. The second-order valence-corrected chi connectivity index (χ2v) is 4.73. The summed E-state index contributed by atoms with van der Waals surface area (Å²) in [6, 6.07) is 3.62. The summed E-state index contributed by atoms with van der Waals surface area (Å²) < 4.78 is 0. The molecular formula is C12H17ClN2O. The van der Waals surface area contributed by atoms with Crippen molar-refractivity contribution in [2.75, 3.05) is 11.9 Å². The minimum Gasteiger partial charge on any atom is -0.393 e. The normalized spacial score (nSPS) is 25.4. The average molecular weight is 241 g/mol. The van der Waals surface area contributed by atoms with Crippen LogP contribution in [0.3, 0.4) is 0 Å². The van der Waals surface area contributed by atoms with Crippen LogP contribution in [-0.2, 0) is 0 Å². The number of hydrogen-bond donors (Lipinski definition) is 2. The van der Waals surface area contributed by atoms with Crippen molar-refractivity contribution in [1.29, 1.82) is 0 Å². The van der Waals surface area contributed by atoms with E-state index in [4.69, 9.17) is 11.6 Å². The maximum atomic E-state index is 9.82. The number of aliphatic hydroxyl groups is 1. The zero-order valence-electron chi connectivity index (χ0n) is 9.19. The number of nitrogens with one attached hydrogen (secondary N) is 1. The van der Waals surface area contributed by atoms with Crippen molar-refractivity contribution in [2.45, 2.75) is 31.8 Å². The number of halogens is 1. The number of aliphatic hydroxyl groups excluding tert-OH is 1. The Kier molecular flexibility index (Phi) is 4.02. The van der Waals surface area contributed by atoms with Gasteiger partial charge in [0.1, 0.15) is 5.82 Å². The van der Waals surface area contributed by atoms with E-state index < -0.39 is 0 Å². The molecule has 0 bridgehead atoms. The third-order valence-corrected chi connectivity index (χ3v) is 3.46. The predicted molar refractivity (Wildman–Crippen MR) is 65.7 cm³/mol. The van der Waals surface area contributed by atoms with Crippen LogP contribution in [0.2, 0.25) is 5.02 Å². The first kappa shape index (κ1) is 11.7. The number of anilines is 1. The lowest BCUT2D eigenvalue weighted by molar-refractivity contribution is 0.0763. The molecule has 1 aromatic rings. The van der Waals surface area contributed by atoms with Crippen LogP contribution in [0.4, 0.5) is 5.82 Å². The van der Waals surface area contributed by atoms with Crippen molar-refractivity contribution < 1.29 is 5.11 Å². The first-order valence-electron chi connectivity index (χ1n) is 5.80. The third kappa shape index (κ3) is 2.86. The SMILES string of the molecule is OC1CCCCC1CNc1ncccc1Cl.